The number of carbonyl (C=O) groups excluding carboxylic acids is 1. The molecule has 1 rings (SSSR count). The van der Waals surface area contributed by atoms with E-state index in [4.69, 9.17) is 9.26 Å². The molecule has 0 aromatic heterocycles. The standard InChI is InChI=1S/C25H45O5P/c1-4-24(5-2)22(3)17-15-13-11-9-7-6-8-10-12-14-16-18-25(26)29-19-23-20-30-31(27,28)21-23/h7,9,13,15,22-24H,4-6,8,10-12,14,16-21H2,1-3H3,(H,27,28)/b9-7-,15-13-/t22-,23?/m1/s1. The summed E-state index contributed by atoms with van der Waals surface area (Å²) in [5, 5.41) is 0. The summed E-state index contributed by atoms with van der Waals surface area (Å²) in [5.74, 6) is 1.26. The normalized spacial score (nSPS) is 22.7. The smallest absolute Gasteiger partial charge is 0.328 e. The minimum absolute atomic E-state index is 0.0859. The third kappa shape index (κ3) is 14.0. The second-order valence-electron chi connectivity index (χ2n) is 8.94. The van der Waals surface area contributed by atoms with Crippen LogP contribution in [-0.4, -0.2) is 30.2 Å². The molecule has 0 spiro atoms. The van der Waals surface area contributed by atoms with Gasteiger partial charge in [0.15, 0.2) is 0 Å². The summed E-state index contributed by atoms with van der Waals surface area (Å²) in [6.45, 7) is 7.33. The molecule has 1 N–H and O–H groups in total. The Morgan fingerprint density at radius 2 is 1.77 bits per heavy atom. The summed E-state index contributed by atoms with van der Waals surface area (Å²) in [4.78, 5) is 21.0. The van der Waals surface area contributed by atoms with E-state index >= 15 is 0 Å². The topological polar surface area (TPSA) is 72.8 Å². The first-order valence-corrected chi connectivity index (χ1v) is 14.1. The molecule has 0 aromatic carbocycles. The molecule has 0 radical (unpaired) electrons. The summed E-state index contributed by atoms with van der Waals surface area (Å²) >= 11 is 0. The molecule has 0 bridgehead atoms. The fourth-order valence-corrected chi connectivity index (χ4v) is 5.50. The zero-order valence-corrected chi connectivity index (χ0v) is 20.9. The molecule has 0 amide bonds. The van der Waals surface area contributed by atoms with Gasteiger partial charge in [-0.2, -0.15) is 0 Å². The van der Waals surface area contributed by atoms with Crippen LogP contribution in [0.2, 0.25) is 0 Å². The Hall–Kier alpha value is -0.900. The van der Waals surface area contributed by atoms with Crippen molar-refractivity contribution in [2.45, 2.75) is 91.4 Å². The van der Waals surface area contributed by atoms with Gasteiger partial charge in [0.25, 0.3) is 0 Å². The van der Waals surface area contributed by atoms with E-state index in [0.717, 1.165) is 43.9 Å². The van der Waals surface area contributed by atoms with Crippen molar-refractivity contribution in [1.29, 1.82) is 0 Å². The second kappa shape index (κ2) is 16.7. The van der Waals surface area contributed by atoms with Crippen LogP contribution in [0.4, 0.5) is 0 Å². The van der Waals surface area contributed by atoms with Gasteiger partial charge < -0.3 is 14.2 Å². The number of unbranched alkanes of at least 4 members (excludes halogenated alkanes) is 5. The number of rotatable bonds is 17. The molecule has 0 aromatic rings. The van der Waals surface area contributed by atoms with Crippen LogP contribution in [0.15, 0.2) is 24.3 Å². The molecule has 1 saturated heterocycles. The monoisotopic (exact) mass is 456 g/mol. The quantitative estimate of drug-likeness (QED) is 0.110. The molecule has 1 aliphatic rings. The number of carbonyl (C=O) groups is 1. The lowest BCUT2D eigenvalue weighted by atomic mass is 9.87. The lowest BCUT2D eigenvalue weighted by Crippen LogP contribution is -2.16. The maximum atomic E-state index is 11.7. The van der Waals surface area contributed by atoms with Crippen LogP contribution in [0.3, 0.4) is 0 Å². The van der Waals surface area contributed by atoms with Gasteiger partial charge in [-0.3, -0.25) is 9.36 Å². The maximum absolute atomic E-state index is 11.7. The first-order valence-electron chi connectivity index (χ1n) is 12.3. The van der Waals surface area contributed by atoms with Crippen molar-refractivity contribution >= 4 is 13.6 Å². The van der Waals surface area contributed by atoms with E-state index in [0.29, 0.717) is 6.42 Å². The Balaban J connectivity index is 1.91. The Bertz CT molecular complexity index is 582. The van der Waals surface area contributed by atoms with Crippen molar-refractivity contribution in [3.8, 4) is 0 Å². The van der Waals surface area contributed by atoms with Crippen LogP contribution in [-0.2, 0) is 18.6 Å². The molecule has 0 saturated carbocycles. The van der Waals surface area contributed by atoms with Crippen molar-refractivity contribution in [1.82, 2.24) is 0 Å². The molecule has 1 aliphatic heterocycles. The van der Waals surface area contributed by atoms with Crippen molar-refractivity contribution in [3.05, 3.63) is 24.3 Å². The first-order chi connectivity index (χ1) is 14.9. The molecule has 1 fully saturated rings. The second-order valence-corrected chi connectivity index (χ2v) is 10.8. The number of hydrogen-bond acceptors (Lipinski definition) is 4. The van der Waals surface area contributed by atoms with E-state index in [1.807, 2.05) is 0 Å². The predicted octanol–water partition coefficient (Wildman–Crippen LogP) is 7.06. The van der Waals surface area contributed by atoms with E-state index in [-0.39, 0.29) is 31.3 Å². The van der Waals surface area contributed by atoms with Gasteiger partial charge >= 0.3 is 13.6 Å². The van der Waals surface area contributed by atoms with Gasteiger partial charge in [-0.25, -0.2) is 0 Å². The lowest BCUT2D eigenvalue weighted by molar-refractivity contribution is -0.145. The Kier molecular flexibility index (Phi) is 15.2. The zero-order valence-electron chi connectivity index (χ0n) is 20.0. The Labute approximate surface area is 190 Å². The minimum Gasteiger partial charge on any atom is -0.465 e. The minimum atomic E-state index is -3.42. The summed E-state index contributed by atoms with van der Waals surface area (Å²) in [5.41, 5.74) is 0. The van der Waals surface area contributed by atoms with Crippen molar-refractivity contribution in [2.24, 2.45) is 17.8 Å². The molecule has 0 aliphatic carbocycles. The SMILES string of the molecule is CCC(CC)[C@H](C)C/C=C\C/C=C\CCCCCCCC(=O)OCC1COP(=O)(O)C1. The van der Waals surface area contributed by atoms with Gasteiger partial charge in [0.1, 0.15) is 0 Å². The largest absolute Gasteiger partial charge is 0.465 e. The van der Waals surface area contributed by atoms with Crippen molar-refractivity contribution < 1.29 is 23.5 Å². The Morgan fingerprint density at radius 3 is 2.45 bits per heavy atom. The molecular formula is C25H45O5P. The molecule has 1 heterocycles. The molecule has 5 nitrogen and oxygen atoms in total. The van der Waals surface area contributed by atoms with Gasteiger partial charge in [0.2, 0.25) is 0 Å². The molecule has 180 valence electrons. The van der Waals surface area contributed by atoms with Gasteiger partial charge in [0.05, 0.1) is 19.4 Å². The lowest BCUT2D eigenvalue weighted by Gasteiger charge is -2.19. The van der Waals surface area contributed by atoms with Gasteiger partial charge in [-0.15, -0.1) is 0 Å². The Morgan fingerprint density at radius 1 is 1.10 bits per heavy atom. The van der Waals surface area contributed by atoms with Gasteiger partial charge in [-0.1, -0.05) is 77.2 Å². The molecule has 6 heteroatoms. The summed E-state index contributed by atoms with van der Waals surface area (Å²) in [6, 6.07) is 0. The fraction of sp³-hybridized carbons (Fsp3) is 0.800. The van der Waals surface area contributed by atoms with Crippen LogP contribution in [0.25, 0.3) is 0 Å². The van der Waals surface area contributed by atoms with E-state index < -0.39 is 7.60 Å². The number of ether oxygens (including phenoxy) is 1. The average Bonchev–Trinajstić information content (AvgIpc) is 3.09. The highest BCUT2D eigenvalue weighted by Gasteiger charge is 2.34. The molecular weight excluding hydrogens is 411 g/mol. The fourth-order valence-electron chi connectivity index (χ4n) is 4.08. The summed E-state index contributed by atoms with van der Waals surface area (Å²) in [7, 11) is -3.42. The van der Waals surface area contributed by atoms with Crippen molar-refractivity contribution in [2.75, 3.05) is 19.4 Å². The zero-order chi connectivity index (χ0) is 23.0. The highest BCUT2D eigenvalue weighted by Crippen LogP contribution is 2.49. The van der Waals surface area contributed by atoms with Crippen LogP contribution >= 0.6 is 7.60 Å². The summed E-state index contributed by atoms with van der Waals surface area (Å²) < 4.78 is 21.3. The highest BCUT2D eigenvalue weighted by molar-refractivity contribution is 7.53. The van der Waals surface area contributed by atoms with E-state index in [1.165, 1.54) is 32.1 Å². The van der Waals surface area contributed by atoms with Crippen LogP contribution in [0.1, 0.15) is 91.4 Å². The van der Waals surface area contributed by atoms with E-state index in [1.54, 1.807) is 0 Å². The van der Waals surface area contributed by atoms with E-state index in [9.17, 15) is 14.3 Å². The van der Waals surface area contributed by atoms with Crippen LogP contribution < -0.4 is 0 Å². The highest BCUT2D eigenvalue weighted by atomic mass is 31.2. The first kappa shape index (κ1) is 28.1. The average molecular weight is 457 g/mol. The molecule has 2 unspecified atom stereocenters. The third-order valence-electron chi connectivity index (χ3n) is 6.20. The number of hydrogen-bond donors (Lipinski definition) is 1. The third-order valence-corrected chi connectivity index (χ3v) is 7.73. The van der Waals surface area contributed by atoms with E-state index in [2.05, 4.69) is 45.1 Å². The molecule has 3 atom stereocenters. The maximum Gasteiger partial charge on any atom is 0.328 e. The molecule has 31 heavy (non-hydrogen) atoms. The van der Waals surface area contributed by atoms with Crippen LogP contribution in [0, 0.1) is 17.8 Å². The van der Waals surface area contributed by atoms with Crippen molar-refractivity contribution in [3.63, 3.8) is 0 Å². The van der Waals surface area contributed by atoms with Gasteiger partial charge in [-0.05, 0) is 43.9 Å². The van der Waals surface area contributed by atoms with Gasteiger partial charge in [0, 0.05) is 12.3 Å². The number of allylic oxidation sites excluding steroid dienone is 4. The van der Waals surface area contributed by atoms with Crippen LogP contribution in [0.5, 0.6) is 0 Å². The summed E-state index contributed by atoms with van der Waals surface area (Å²) in [6.07, 6.45) is 21.0. The predicted molar refractivity (Wildman–Crippen MR) is 128 cm³/mol. The number of esters is 1.